The van der Waals surface area contributed by atoms with Crippen molar-refractivity contribution in [3.63, 3.8) is 0 Å². The number of aliphatic hydroxyl groups excluding tert-OH is 1. The Morgan fingerprint density at radius 2 is 1.85 bits per heavy atom. The van der Waals surface area contributed by atoms with Crippen molar-refractivity contribution < 1.29 is 33.1 Å². The number of alkyl halides is 3. The van der Waals surface area contributed by atoms with Gasteiger partial charge in [0.05, 0.1) is 11.3 Å². The highest BCUT2D eigenvalue weighted by molar-refractivity contribution is 5.90. The van der Waals surface area contributed by atoms with Gasteiger partial charge in [-0.2, -0.15) is 13.2 Å². The molecule has 0 heterocycles. The number of anilines is 1. The largest absolute Gasteiger partial charge is 0.488 e. The molecular weight excluding hydrogens is 361 g/mol. The van der Waals surface area contributed by atoms with E-state index < -0.39 is 17.8 Å². The number of rotatable bonds is 8. The molecule has 146 valence electrons. The van der Waals surface area contributed by atoms with Crippen LogP contribution in [0.4, 0.5) is 18.9 Å². The summed E-state index contributed by atoms with van der Waals surface area (Å²) in [6.45, 7) is 2.18. The molecule has 8 heteroatoms. The minimum atomic E-state index is -4.34. The molecule has 0 saturated heterocycles. The first-order valence-corrected chi connectivity index (χ1v) is 8.41. The number of carbonyl (C=O) groups is 1. The smallest absolute Gasteiger partial charge is 0.416 e. The average Bonchev–Trinajstić information content (AvgIpc) is 2.60. The maximum Gasteiger partial charge on any atom is 0.416 e. The molecule has 27 heavy (non-hydrogen) atoms. The number of carbonyl (C=O) groups excluding carboxylic acids is 1. The van der Waals surface area contributed by atoms with Crippen LogP contribution in [0, 0.1) is 0 Å². The van der Waals surface area contributed by atoms with Crippen molar-refractivity contribution in [3.8, 4) is 5.75 Å². The van der Waals surface area contributed by atoms with Gasteiger partial charge in [0, 0.05) is 12.5 Å². The van der Waals surface area contributed by atoms with Gasteiger partial charge in [-0.1, -0.05) is 24.3 Å². The summed E-state index contributed by atoms with van der Waals surface area (Å²) in [5.74, 6) is 0.228. The number of nitrogens with two attached hydrogens (primary N) is 1. The summed E-state index contributed by atoms with van der Waals surface area (Å²) >= 11 is 0. The summed E-state index contributed by atoms with van der Waals surface area (Å²) in [5, 5.41) is 14.5. The van der Waals surface area contributed by atoms with Crippen LogP contribution in [-0.4, -0.2) is 30.3 Å². The van der Waals surface area contributed by atoms with E-state index in [9.17, 15) is 23.1 Å². The summed E-state index contributed by atoms with van der Waals surface area (Å²) < 4.78 is 43.1. The van der Waals surface area contributed by atoms with Crippen LogP contribution in [0.5, 0.6) is 5.75 Å². The minimum absolute atomic E-state index is 0.0279. The van der Waals surface area contributed by atoms with Crippen molar-refractivity contribution in [1.82, 2.24) is 0 Å². The van der Waals surface area contributed by atoms with Crippen LogP contribution in [0.2, 0.25) is 0 Å². The highest BCUT2D eigenvalue weighted by Crippen LogP contribution is 2.29. The predicted octanol–water partition coefficient (Wildman–Crippen LogP) is 2.17. The highest BCUT2D eigenvalue weighted by atomic mass is 19.4. The SMILES string of the molecule is CC(=O)Nc1ccccc1OC[C@@H](O)C[NH2+]Cc1ccc(C(F)(F)F)cc1. The first-order chi connectivity index (χ1) is 12.8. The molecule has 0 aliphatic carbocycles. The van der Waals surface area contributed by atoms with E-state index in [-0.39, 0.29) is 12.5 Å². The Hall–Kier alpha value is -2.58. The molecule has 0 fully saturated rings. The summed E-state index contributed by atoms with van der Waals surface area (Å²) in [5.41, 5.74) is 0.565. The van der Waals surface area contributed by atoms with Gasteiger partial charge in [0.25, 0.3) is 0 Å². The molecule has 2 aromatic rings. The lowest BCUT2D eigenvalue weighted by molar-refractivity contribution is -0.676. The molecule has 0 saturated carbocycles. The van der Waals surface area contributed by atoms with Crippen molar-refractivity contribution in [2.45, 2.75) is 25.7 Å². The number of ether oxygens (including phenoxy) is 1. The summed E-state index contributed by atoms with van der Waals surface area (Å²) in [6, 6.07) is 11.8. The number of hydrogen-bond donors (Lipinski definition) is 3. The molecule has 4 N–H and O–H groups in total. The number of hydrogen-bond acceptors (Lipinski definition) is 3. The first kappa shape index (κ1) is 20.7. The molecule has 2 aromatic carbocycles. The lowest BCUT2D eigenvalue weighted by atomic mass is 10.1. The molecule has 0 radical (unpaired) electrons. The number of benzene rings is 2. The maximum atomic E-state index is 12.5. The van der Waals surface area contributed by atoms with E-state index in [0.29, 0.717) is 24.5 Å². The number of para-hydroxylation sites is 2. The predicted molar refractivity (Wildman–Crippen MR) is 94.2 cm³/mol. The second kappa shape index (κ2) is 9.38. The van der Waals surface area contributed by atoms with E-state index in [2.05, 4.69) is 5.32 Å². The van der Waals surface area contributed by atoms with Crippen molar-refractivity contribution in [2.75, 3.05) is 18.5 Å². The first-order valence-electron chi connectivity index (χ1n) is 8.41. The standard InChI is InChI=1S/C19H21F3N2O3/c1-13(25)24-17-4-2-3-5-18(17)27-12-16(26)11-23-10-14-6-8-15(9-7-14)19(20,21)22/h2-9,16,23,26H,10-12H2,1H3,(H,24,25)/p+1/t16-/m0/s1. The Morgan fingerprint density at radius 1 is 1.19 bits per heavy atom. The van der Waals surface area contributed by atoms with Gasteiger partial charge < -0.3 is 20.5 Å². The van der Waals surface area contributed by atoms with Crippen LogP contribution in [0.25, 0.3) is 0 Å². The van der Waals surface area contributed by atoms with E-state index in [1.807, 2.05) is 0 Å². The Morgan fingerprint density at radius 3 is 2.48 bits per heavy atom. The number of nitrogens with one attached hydrogen (secondary N) is 1. The normalized spacial score (nSPS) is 12.5. The van der Waals surface area contributed by atoms with E-state index >= 15 is 0 Å². The van der Waals surface area contributed by atoms with Crippen molar-refractivity contribution in [1.29, 1.82) is 0 Å². The van der Waals surface area contributed by atoms with Gasteiger partial charge in [0.15, 0.2) is 0 Å². The molecule has 5 nitrogen and oxygen atoms in total. The molecule has 0 bridgehead atoms. The van der Waals surface area contributed by atoms with Crippen LogP contribution in [0.3, 0.4) is 0 Å². The highest BCUT2D eigenvalue weighted by Gasteiger charge is 2.29. The van der Waals surface area contributed by atoms with Crippen LogP contribution in [0.1, 0.15) is 18.1 Å². The molecule has 1 amide bonds. The second-order valence-electron chi connectivity index (χ2n) is 6.07. The lowest BCUT2D eigenvalue weighted by Gasteiger charge is -2.14. The fourth-order valence-corrected chi connectivity index (χ4v) is 2.41. The Bertz CT molecular complexity index is 749. The van der Waals surface area contributed by atoms with Gasteiger partial charge >= 0.3 is 6.18 Å². The zero-order valence-corrected chi connectivity index (χ0v) is 14.8. The van der Waals surface area contributed by atoms with Crippen LogP contribution in [-0.2, 0) is 17.5 Å². The third-order valence-corrected chi connectivity index (χ3v) is 3.73. The average molecular weight is 383 g/mol. The monoisotopic (exact) mass is 383 g/mol. The zero-order valence-electron chi connectivity index (χ0n) is 14.8. The van der Waals surface area contributed by atoms with Crippen molar-refractivity contribution in [3.05, 3.63) is 59.7 Å². The summed E-state index contributed by atoms with van der Waals surface area (Å²) in [4.78, 5) is 11.2. The van der Waals surface area contributed by atoms with Crippen LogP contribution in [0.15, 0.2) is 48.5 Å². The van der Waals surface area contributed by atoms with E-state index in [1.54, 1.807) is 29.6 Å². The van der Waals surface area contributed by atoms with Crippen LogP contribution >= 0.6 is 0 Å². The molecule has 1 atom stereocenters. The molecular formula is C19H22F3N2O3+. The number of halogens is 3. The Kier molecular flexibility index (Phi) is 7.20. The van der Waals surface area contributed by atoms with Gasteiger partial charge in [-0.3, -0.25) is 4.79 Å². The zero-order chi connectivity index (χ0) is 19.9. The van der Waals surface area contributed by atoms with Gasteiger partial charge in [-0.05, 0) is 24.3 Å². The fourth-order valence-electron chi connectivity index (χ4n) is 2.41. The molecule has 0 aliphatic heterocycles. The van der Waals surface area contributed by atoms with Crippen molar-refractivity contribution in [2.24, 2.45) is 0 Å². The van der Waals surface area contributed by atoms with Crippen LogP contribution < -0.4 is 15.4 Å². The topological polar surface area (TPSA) is 75.2 Å². The fraction of sp³-hybridized carbons (Fsp3) is 0.316. The number of amides is 1. The molecule has 0 unspecified atom stereocenters. The number of quaternary nitrogens is 1. The number of aliphatic hydroxyl groups is 1. The molecule has 2 rings (SSSR count). The second-order valence-corrected chi connectivity index (χ2v) is 6.07. The molecule has 0 spiro atoms. The van der Waals surface area contributed by atoms with Gasteiger partial charge in [-0.15, -0.1) is 0 Å². The third kappa shape index (κ3) is 6.92. The van der Waals surface area contributed by atoms with Gasteiger partial charge in [0.1, 0.15) is 31.5 Å². The maximum absolute atomic E-state index is 12.5. The van der Waals surface area contributed by atoms with E-state index in [4.69, 9.17) is 4.74 Å². The minimum Gasteiger partial charge on any atom is -0.488 e. The third-order valence-electron chi connectivity index (χ3n) is 3.73. The van der Waals surface area contributed by atoms with E-state index in [0.717, 1.165) is 17.7 Å². The Balaban J connectivity index is 1.77. The summed E-state index contributed by atoms with van der Waals surface area (Å²) in [6.07, 6.45) is -5.12. The lowest BCUT2D eigenvalue weighted by Crippen LogP contribution is -2.85. The van der Waals surface area contributed by atoms with Gasteiger partial charge in [0.2, 0.25) is 5.91 Å². The molecule has 0 aliphatic rings. The molecule has 0 aromatic heterocycles. The van der Waals surface area contributed by atoms with E-state index in [1.165, 1.54) is 19.1 Å². The Labute approximate surface area is 155 Å². The van der Waals surface area contributed by atoms with Gasteiger partial charge in [-0.25, -0.2) is 0 Å². The van der Waals surface area contributed by atoms with Crippen molar-refractivity contribution >= 4 is 11.6 Å². The summed E-state index contributed by atoms with van der Waals surface area (Å²) in [7, 11) is 0. The quantitative estimate of drug-likeness (QED) is 0.654.